The van der Waals surface area contributed by atoms with Crippen LogP contribution in [0.3, 0.4) is 0 Å². The number of H-pyrrole nitrogens is 1. The lowest BCUT2D eigenvalue weighted by atomic mass is 10.2. The maximum absolute atomic E-state index is 12.3. The number of esters is 1. The number of aromatic nitrogens is 4. The van der Waals surface area contributed by atoms with Crippen molar-refractivity contribution in [1.29, 1.82) is 0 Å². The van der Waals surface area contributed by atoms with Gasteiger partial charge in [-0.1, -0.05) is 0 Å². The number of fused-ring (bicyclic) bond motifs is 1. The number of ether oxygens (including phenoxy) is 3. The standard InChI is InChI=1S/C18H20N4O6/c1-5-27-13(23)9-28-11-7-6-10(8-12(11)26-4)15-19-14-16(20-15)21(2)18(25)22(3)17(14)24/h6-8H,5,9H2,1-4H3,(H,19,20). The third-order valence-electron chi connectivity index (χ3n) is 4.18. The van der Waals surface area contributed by atoms with E-state index in [0.717, 1.165) is 4.57 Å². The summed E-state index contributed by atoms with van der Waals surface area (Å²) < 4.78 is 17.9. The summed E-state index contributed by atoms with van der Waals surface area (Å²) in [5, 5.41) is 0. The third kappa shape index (κ3) is 3.36. The first-order chi connectivity index (χ1) is 13.4. The summed E-state index contributed by atoms with van der Waals surface area (Å²) in [7, 11) is 4.42. The van der Waals surface area contributed by atoms with Crippen LogP contribution in [0.15, 0.2) is 27.8 Å². The van der Waals surface area contributed by atoms with Gasteiger partial charge in [-0.3, -0.25) is 13.9 Å². The van der Waals surface area contributed by atoms with Crippen LogP contribution in [-0.4, -0.2) is 45.4 Å². The monoisotopic (exact) mass is 388 g/mol. The molecular weight excluding hydrogens is 368 g/mol. The number of methoxy groups -OCH3 is 1. The first-order valence-electron chi connectivity index (χ1n) is 8.50. The molecule has 0 bridgehead atoms. The first kappa shape index (κ1) is 19.2. The van der Waals surface area contributed by atoms with Gasteiger partial charge in [-0.05, 0) is 25.1 Å². The molecule has 0 amide bonds. The van der Waals surface area contributed by atoms with E-state index in [-0.39, 0.29) is 24.4 Å². The number of rotatable bonds is 6. The average molecular weight is 388 g/mol. The Hall–Kier alpha value is -3.56. The van der Waals surface area contributed by atoms with Crippen LogP contribution in [-0.2, 0) is 23.6 Å². The normalized spacial score (nSPS) is 10.9. The minimum Gasteiger partial charge on any atom is -0.493 e. The van der Waals surface area contributed by atoms with Gasteiger partial charge in [0.05, 0.1) is 13.7 Å². The molecule has 0 aliphatic rings. The van der Waals surface area contributed by atoms with Crippen molar-refractivity contribution in [2.24, 2.45) is 14.1 Å². The van der Waals surface area contributed by atoms with Gasteiger partial charge in [0.2, 0.25) is 0 Å². The molecule has 3 aromatic rings. The zero-order chi connectivity index (χ0) is 20.4. The molecule has 2 aromatic heterocycles. The van der Waals surface area contributed by atoms with Crippen LogP contribution in [0.4, 0.5) is 0 Å². The third-order valence-corrected chi connectivity index (χ3v) is 4.18. The molecule has 0 fully saturated rings. The second-order valence-electron chi connectivity index (χ2n) is 5.95. The Balaban J connectivity index is 1.99. The number of aryl methyl sites for hydroxylation is 1. The Morgan fingerprint density at radius 3 is 2.61 bits per heavy atom. The summed E-state index contributed by atoms with van der Waals surface area (Å²) in [4.78, 5) is 43.2. The Morgan fingerprint density at radius 1 is 1.18 bits per heavy atom. The highest BCUT2D eigenvalue weighted by Gasteiger charge is 2.16. The predicted octanol–water partition coefficient (Wildman–Crippen LogP) is 0.578. The van der Waals surface area contributed by atoms with Crippen molar-refractivity contribution < 1.29 is 19.0 Å². The molecule has 3 rings (SSSR count). The van der Waals surface area contributed by atoms with E-state index in [1.54, 1.807) is 32.2 Å². The van der Waals surface area contributed by atoms with Gasteiger partial charge in [-0.2, -0.15) is 0 Å². The zero-order valence-corrected chi connectivity index (χ0v) is 15.9. The molecule has 0 saturated carbocycles. The number of hydrogen-bond donors (Lipinski definition) is 1. The molecular formula is C18H20N4O6. The molecule has 0 aliphatic carbocycles. The molecule has 0 unspecified atom stereocenters. The number of carbonyl (C=O) groups excluding carboxylic acids is 1. The van der Waals surface area contributed by atoms with Gasteiger partial charge >= 0.3 is 11.7 Å². The number of nitrogens with one attached hydrogen (secondary N) is 1. The molecule has 0 aliphatic heterocycles. The summed E-state index contributed by atoms with van der Waals surface area (Å²) in [6.07, 6.45) is 0. The molecule has 10 heteroatoms. The molecule has 1 aromatic carbocycles. The van der Waals surface area contributed by atoms with Crippen molar-refractivity contribution in [3.63, 3.8) is 0 Å². The predicted molar refractivity (Wildman–Crippen MR) is 101 cm³/mol. The van der Waals surface area contributed by atoms with Crippen LogP contribution < -0.4 is 20.7 Å². The molecule has 0 saturated heterocycles. The van der Waals surface area contributed by atoms with Gasteiger partial charge in [-0.25, -0.2) is 14.6 Å². The quantitative estimate of drug-likeness (QED) is 0.614. The molecule has 148 valence electrons. The van der Waals surface area contributed by atoms with Gasteiger partial charge in [0.15, 0.2) is 23.8 Å². The van der Waals surface area contributed by atoms with E-state index < -0.39 is 17.2 Å². The van der Waals surface area contributed by atoms with Gasteiger partial charge in [0, 0.05) is 19.7 Å². The fourth-order valence-electron chi connectivity index (χ4n) is 2.74. The van der Waals surface area contributed by atoms with Crippen molar-refractivity contribution in [1.82, 2.24) is 19.1 Å². The second kappa shape index (κ2) is 7.59. The van der Waals surface area contributed by atoms with Crippen LogP contribution in [0.25, 0.3) is 22.6 Å². The maximum atomic E-state index is 12.3. The van der Waals surface area contributed by atoms with Gasteiger partial charge < -0.3 is 19.2 Å². The van der Waals surface area contributed by atoms with E-state index in [2.05, 4.69) is 9.97 Å². The van der Waals surface area contributed by atoms with Crippen molar-refractivity contribution in [3.05, 3.63) is 39.0 Å². The van der Waals surface area contributed by atoms with E-state index in [1.165, 1.54) is 18.7 Å². The minimum atomic E-state index is -0.484. The van der Waals surface area contributed by atoms with Crippen LogP contribution in [0.5, 0.6) is 11.5 Å². The second-order valence-corrected chi connectivity index (χ2v) is 5.95. The molecule has 10 nitrogen and oxygen atoms in total. The largest absolute Gasteiger partial charge is 0.493 e. The number of nitrogens with zero attached hydrogens (tertiary/aromatic N) is 3. The summed E-state index contributed by atoms with van der Waals surface area (Å²) in [5.74, 6) is 0.647. The highest BCUT2D eigenvalue weighted by Crippen LogP contribution is 2.32. The van der Waals surface area contributed by atoms with Gasteiger partial charge in [0.1, 0.15) is 11.3 Å². The van der Waals surface area contributed by atoms with E-state index in [4.69, 9.17) is 14.2 Å². The van der Waals surface area contributed by atoms with Gasteiger partial charge in [0.25, 0.3) is 5.56 Å². The fraction of sp³-hybridized carbons (Fsp3) is 0.333. The number of imidazole rings is 1. The SMILES string of the molecule is CCOC(=O)COc1ccc(-c2nc3c([nH]2)c(=O)n(C)c(=O)n3C)cc1OC. The van der Waals surface area contributed by atoms with E-state index >= 15 is 0 Å². The molecule has 0 atom stereocenters. The molecule has 2 heterocycles. The van der Waals surface area contributed by atoms with Crippen molar-refractivity contribution in [2.45, 2.75) is 6.92 Å². The summed E-state index contributed by atoms with van der Waals surface area (Å²) in [5.41, 5.74) is 0.172. The fourth-order valence-corrected chi connectivity index (χ4v) is 2.74. The van der Waals surface area contributed by atoms with Gasteiger partial charge in [-0.15, -0.1) is 0 Å². The highest BCUT2D eigenvalue weighted by molar-refractivity contribution is 5.76. The number of benzene rings is 1. The minimum absolute atomic E-state index is 0.223. The molecule has 0 spiro atoms. The highest BCUT2D eigenvalue weighted by atomic mass is 16.6. The van der Waals surface area contributed by atoms with Crippen LogP contribution >= 0.6 is 0 Å². The maximum Gasteiger partial charge on any atom is 0.344 e. The number of carbonyl (C=O) groups is 1. The Kier molecular flexibility index (Phi) is 5.21. The number of aromatic amines is 1. The van der Waals surface area contributed by atoms with Crippen LogP contribution in [0.2, 0.25) is 0 Å². The summed E-state index contributed by atoms with van der Waals surface area (Å²) in [6.45, 7) is 1.74. The van der Waals surface area contributed by atoms with E-state index in [9.17, 15) is 14.4 Å². The Morgan fingerprint density at radius 2 is 1.93 bits per heavy atom. The number of hydrogen-bond acceptors (Lipinski definition) is 7. The smallest absolute Gasteiger partial charge is 0.344 e. The van der Waals surface area contributed by atoms with E-state index in [0.29, 0.717) is 22.9 Å². The van der Waals surface area contributed by atoms with Crippen LogP contribution in [0.1, 0.15) is 6.92 Å². The lowest BCUT2D eigenvalue weighted by Gasteiger charge is -2.11. The van der Waals surface area contributed by atoms with Crippen LogP contribution in [0, 0.1) is 0 Å². The Bertz CT molecular complexity index is 1160. The molecule has 28 heavy (non-hydrogen) atoms. The topological polar surface area (TPSA) is 117 Å². The summed E-state index contributed by atoms with van der Waals surface area (Å²) >= 11 is 0. The summed E-state index contributed by atoms with van der Waals surface area (Å²) in [6, 6.07) is 4.97. The van der Waals surface area contributed by atoms with Crippen molar-refractivity contribution in [2.75, 3.05) is 20.3 Å². The average Bonchev–Trinajstić information content (AvgIpc) is 3.15. The van der Waals surface area contributed by atoms with Crippen molar-refractivity contribution >= 4 is 17.1 Å². The molecule has 0 radical (unpaired) electrons. The van der Waals surface area contributed by atoms with Crippen molar-refractivity contribution in [3.8, 4) is 22.9 Å². The van der Waals surface area contributed by atoms with E-state index in [1.807, 2.05) is 0 Å². The Labute approximate surface area is 159 Å². The zero-order valence-electron chi connectivity index (χ0n) is 15.9. The lowest BCUT2D eigenvalue weighted by molar-refractivity contribution is -0.145. The lowest BCUT2D eigenvalue weighted by Crippen LogP contribution is -2.36. The molecule has 1 N–H and O–H groups in total. The first-order valence-corrected chi connectivity index (χ1v) is 8.50.